The maximum atomic E-state index is 12.1. The Balaban J connectivity index is 0.000000887. The van der Waals surface area contributed by atoms with E-state index in [2.05, 4.69) is 15.3 Å². The molecule has 1 amide bonds. The number of nitrogens with one attached hydrogen (secondary N) is 1. The lowest BCUT2D eigenvalue weighted by molar-refractivity contribution is -0.192. The van der Waals surface area contributed by atoms with Crippen LogP contribution in [0.1, 0.15) is 42.2 Å². The van der Waals surface area contributed by atoms with E-state index >= 15 is 0 Å². The van der Waals surface area contributed by atoms with Crippen LogP contribution < -0.4 is 5.32 Å². The van der Waals surface area contributed by atoms with Crippen LogP contribution >= 0.6 is 21.6 Å². The van der Waals surface area contributed by atoms with E-state index in [4.69, 9.17) is 15.0 Å². The predicted molar refractivity (Wildman–Crippen MR) is 99.3 cm³/mol. The summed E-state index contributed by atoms with van der Waals surface area (Å²) in [5, 5.41) is 18.4. The van der Waals surface area contributed by atoms with Gasteiger partial charge < -0.3 is 15.5 Å². The van der Waals surface area contributed by atoms with Gasteiger partial charge in [-0.3, -0.25) is 9.59 Å². The van der Waals surface area contributed by atoms with Crippen LogP contribution in [0.5, 0.6) is 0 Å². The molecule has 0 atom stereocenters. The fourth-order valence-corrected chi connectivity index (χ4v) is 3.41. The minimum atomic E-state index is -5.08. The molecule has 0 saturated carbocycles. The summed E-state index contributed by atoms with van der Waals surface area (Å²) >= 11 is 0. The second-order valence-electron chi connectivity index (χ2n) is 5.32. The van der Waals surface area contributed by atoms with Gasteiger partial charge in [-0.15, -0.1) is 0 Å². The fraction of sp³-hybridized carbons (Fsp3) is 0.533. The molecule has 158 valence electrons. The van der Waals surface area contributed by atoms with Crippen molar-refractivity contribution in [1.29, 1.82) is 0 Å². The molecule has 0 aliphatic rings. The molecule has 0 saturated heterocycles. The minimum absolute atomic E-state index is 0.156. The maximum Gasteiger partial charge on any atom is 0.490 e. The first kappa shape index (κ1) is 26.0. The number of nitrogens with zero attached hydrogens (tertiary/aromatic N) is 2. The van der Waals surface area contributed by atoms with E-state index in [0.717, 1.165) is 11.4 Å². The molecule has 1 rings (SSSR count). The predicted octanol–water partition coefficient (Wildman–Crippen LogP) is 2.82. The summed E-state index contributed by atoms with van der Waals surface area (Å²) < 4.78 is 31.7. The van der Waals surface area contributed by atoms with Gasteiger partial charge in [-0.1, -0.05) is 35.4 Å². The Morgan fingerprint density at radius 1 is 1.18 bits per heavy atom. The van der Waals surface area contributed by atoms with E-state index in [-0.39, 0.29) is 18.2 Å². The zero-order chi connectivity index (χ0) is 21.7. The van der Waals surface area contributed by atoms with Gasteiger partial charge in [0, 0.05) is 24.2 Å². The Morgan fingerprint density at radius 2 is 1.75 bits per heavy atom. The summed E-state index contributed by atoms with van der Waals surface area (Å²) in [4.78, 5) is 39.3. The van der Waals surface area contributed by atoms with Gasteiger partial charge in [0.2, 0.25) is 0 Å². The quantitative estimate of drug-likeness (QED) is 0.390. The van der Waals surface area contributed by atoms with Crippen molar-refractivity contribution in [3.8, 4) is 0 Å². The molecule has 1 aromatic heterocycles. The van der Waals surface area contributed by atoms with Crippen LogP contribution in [-0.4, -0.2) is 62.3 Å². The normalized spacial score (nSPS) is 10.8. The van der Waals surface area contributed by atoms with E-state index < -0.39 is 18.1 Å². The number of carboxylic acid groups (broad SMARTS) is 2. The maximum absolute atomic E-state index is 12.1. The lowest BCUT2D eigenvalue weighted by Crippen LogP contribution is -2.27. The van der Waals surface area contributed by atoms with Crippen LogP contribution in [0.2, 0.25) is 0 Å². The van der Waals surface area contributed by atoms with Crippen molar-refractivity contribution in [3.63, 3.8) is 0 Å². The van der Waals surface area contributed by atoms with Crippen molar-refractivity contribution in [2.75, 3.05) is 18.1 Å². The van der Waals surface area contributed by atoms with Crippen molar-refractivity contribution in [3.05, 3.63) is 23.8 Å². The monoisotopic (exact) mass is 443 g/mol. The summed E-state index contributed by atoms with van der Waals surface area (Å²) in [6, 6.07) is 0. The number of aliphatic carboxylic acids is 2. The van der Waals surface area contributed by atoms with Gasteiger partial charge in [-0.05, 0) is 5.92 Å². The second kappa shape index (κ2) is 13.2. The van der Waals surface area contributed by atoms with Gasteiger partial charge in [0.1, 0.15) is 6.33 Å². The highest BCUT2D eigenvalue weighted by Gasteiger charge is 2.38. The van der Waals surface area contributed by atoms with Crippen LogP contribution in [0.25, 0.3) is 0 Å². The van der Waals surface area contributed by atoms with Gasteiger partial charge in [0.25, 0.3) is 5.91 Å². The minimum Gasteiger partial charge on any atom is -0.481 e. The van der Waals surface area contributed by atoms with Crippen LogP contribution in [0.3, 0.4) is 0 Å². The van der Waals surface area contributed by atoms with Crippen molar-refractivity contribution < 1.29 is 37.8 Å². The number of alkyl halides is 3. The molecule has 0 bridgehead atoms. The molecule has 28 heavy (non-hydrogen) atoms. The highest BCUT2D eigenvalue weighted by Crippen LogP contribution is 2.21. The number of carbonyl (C=O) groups excluding carboxylic acids is 1. The average Bonchev–Trinajstić information content (AvgIpc) is 2.60. The van der Waals surface area contributed by atoms with Crippen molar-refractivity contribution in [2.45, 2.75) is 32.4 Å². The smallest absolute Gasteiger partial charge is 0.481 e. The Kier molecular flexibility index (Phi) is 12.3. The topological polar surface area (TPSA) is 129 Å². The van der Waals surface area contributed by atoms with E-state index in [1.807, 2.05) is 13.8 Å². The summed E-state index contributed by atoms with van der Waals surface area (Å²) in [6.45, 7) is 4.48. The van der Waals surface area contributed by atoms with Gasteiger partial charge in [-0.25, -0.2) is 14.8 Å². The molecule has 3 N–H and O–H groups in total. The molecule has 0 aliphatic heterocycles. The average molecular weight is 443 g/mol. The number of halogens is 3. The summed E-state index contributed by atoms with van der Waals surface area (Å²) in [5.74, 6) is -2.27. The first-order valence-electron chi connectivity index (χ1n) is 7.81. The Morgan fingerprint density at radius 3 is 2.25 bits per heavy atom. The molecule has 13 heteroatoms. The molecule has 1 heterocycles. The van der Waals surface area contributed by atoms with Gasteiger partial charge in [0.15, 0.2) is 0 Å². The largest absolute Gasteiger partial charge is 0.490 e. The highest BCUT2D eigenvalue weighted by atomic mass is 33.1. The van der Waals surface area contributed by atoms with Crippen molar-refractivity contribution >= 4 is 39.4 Å². The number of hydrogen-bond donors (Lipinski definition) is 3. The van der Waals surface area contributed by atoms with E-state index in [1.165, 1.54) is 23.3 Å². The Bertz CT molecular complexity index is 660. The zero-order valence-corrected chi connectivity index (χ0v) is 16.7. The molecule has 8 nitrogen and oxygen atoms in total. The zero-order valence-electron chi connectivity index (χ0n) is 15.0. The molecular weight excluding hydrogens is 423 g/mol. The number of carbonyl (C=O) groups is 3. The summed E-state index contributed by atoms with van der Waals surface area (Å²) in [5.41, 5.74) is 1.25. The SMILES string of the molecule is CC(C)c1ncncc1C(=O)NCCSSCCC(=O)O.O=C(O)C(F)(F)F. The molecule has 0 fully saturated rings. The molecular formula is C15H20F3N3O5S2. The van der Waals surface area contributed by atoms with Gasteiger partial charge in [-0.2, -0.15) is 13.2 Å². The Labute approximate surface area is 167 Å². The lowest BCUT2D eigenvalue weighted by atomic mass is 10.1. The molecule has 1 aromatic rings. The third kappa shape index (κ3) is 11.6. The van der Waals surface area contributed by atoms with Crippen molar-refractivity contribution in [2.24, 2.45) is 0 Å². The van der Waals surface area contributed by atoms with E-state index in [0.29, 0.717) is 17.9 Å². The van der Waals surface area contributed by atoms with Crippen LogP contribution in [0.15, 0.2) is 12.5 Å². The molecule has 0 spiro atoms. The fourth-order valence-electron chi connectivity index (χ4n) is 1.52. The van der Waals surface area contributed by atoms with Gasteiger partial charge >= 0.3 is 18.1 Å². The highest BCUT2D eigenvalue weighted by molar-refractivity contribution is 8.76. The number of carboxylic acids is 2. The van der Waals surface area contributed by atoms with E-state index in [9.17, 15) is 22.8 Å². The number of aromatic nitrogens is 2. The van der Waals surface area contributed by atoms with Crippen LogP contribution in [0, 0.1) is 0 Å². The molecule has 0 radical (unpaired) electrons. The molecule has 0 aromatic carbocycles. The third-order valence-electron chi connectivity index (χ3n) is 2.73. The number of rotatable bonds is 9. The molecule has 0 unspecified atom stereocenters. The second-order valence-corrected chi connectivity index (χ2v) is 8.02. The van der Waals surface area contributed by atoms with Gasteiger partial charge in [0.05, 0.1) is 17.7 Å². The number of hydrogen-bond acceptors (Lipinski definition) is 7. The van der Waals surface area contributed by atoms with Crippen LogP contribution in [-0.2, 0) is 9.59 Å². The standard InChI is InChI=1S/C13H19N3O3S2.C2HF3O2/c1-9(2)12-10(7-14-8-16-12)13(19)15-4-6-21-20-5-3-11(17)18;3-2(4,5)1(6)7/h7-9H,3-6H2,1-2H3,(H,15,19)(H,17,18);(H,6,7). The lowest BCUT2D eigenvalue weighted by Gasteiger charge is -2.10. The first-order valence-corrected chi connectivity index (χ1v) is 10.3. The van der Waals surface area contributed by atoms with E-state index in [1.54, 1.807) is 10.8 Å². The number of amides is 1. The third-order valence-corrected chi connectivity index (χ3v) is 5.14. The van der Waals surface area contributed by atoms with Crippen molar-refractivity contribution in [1.82, 2.24) is 15.3 Å². The summed E-state index contributed by atoms with van der Waals surface area (Å²) in [6.07, 6.45) is -1.95. The first-order chi connectivity index (χ1) is 13.0. The Hall–Kier alpha value is -2.02. The summed E-state index contributed by atoms with van der Waals surface area (Å²) in [7, 11) is 3.05. The molecule has 0 aliphatic carbocycles. The van der Waals surface area contributed by atoms with Crippen LogP contribution in [0.4, 0.5) is 13.2 Å².